The van der Waals surface area contributed by atoms with E-state index in [4.69, 9.17) is 0 Å². The van der Waals surface area contributed by atoms with Crippen LogP contribution >= 0.6 is 0 Å². The molecule has 0 atom stereocenters. The summed E-state index contributed by atoms with van der Waals surface area (Å²) in [6, 6.07) is 8.01. The summed E-state index contributed by atoms with van der Waals surface area (Å²) < 4.78 is 1.77. The smallest absolute Gasteiger partial charge is 0.214 e. The van der Waals surface area contributed by atoms with Gasteiger partial charge >= 0.3 is 0 Å². The summed E-state index contributed by atoms with van der Waals surface area (Å²) in [6.07, 6.45) is 2.66. The molecular formula is C14H16N4O. The number of nitrogens with one attached hydrogen (secondary N) is 1. The summed E-state index contributed by atoms with van der Waals surface area (Å²) in [5.74, 6) is -0.0613. The predicted molar refractivity (Wildman–Crippen MR) is 71.2 cm³/mol. The molecule has 2 heterocycles. The molecule has 0 radical (unpaired) electrons. The van der Waals surface area contributed by atoms with Crippen molar-refractivity contribution in [3.8, 4) is 0 Å². The molecule has 0 unspecified atom stereocenters. The van der Waals surface area contributed by atoms with Crippen LogP contribution in [0.25, 0.3) is 0 Å². The molecule has 98 valence electrons. The Bertz CT molecular complexity index is 601. The summed E-state index contributed by atoms with van der Waals surface area (Å²) in [7, 11) is 0. The number of ketones is 1. The van der Waals surface area contributed by atoms with Gasteiger partial charge in [0.15, 0.2) is 5.69 Å². The standard InChI is InChI=1S/C14H16N4O/c1-2-10-4-3-5-11(6-10)14(19)13-9-18(17-16-13)12-7-15-8-12/h3-6,9,12,15H,2,7-8H2,1H3. The number of aromatic nitrogens is 3. The van der Waals surface area contributed by atoms with Gasteiger partial charge in [0.1, 0.15) is 0 Å². The predicted octanol–water partition coefficient (Wildman–Crippen LogP) is 1.22. The SMILES string of the molecule is CCc1cccc(C(=O)c2cn(C3CNC3)nn2)c1. The number of benzene rings is 1. The largest absolute Gasteiger partial charge is 0.312 e. The van der Waals surface area contributed by atoms with Crippen molar-refractivity contribution in [1.29, 1.82) is 0 Å². The maximum absolute atomic E-state index is 12.3. The highest BCUT2D eigenvalue weighted by molar-refractivity contribution is 6.07. The molecule has 1 aliphatic rings. The van der Waals surface area contributed by atoms with Crippen LogP contribution in [-0.2, 0) is 6.42 Å². The number of hydrogen-bond donors (Lipinski definition) is 1. The van der Waals surface area contributed by atoms with E-state index in [0.29, 0.717) is 17.3 Å². The van der Waals surface area contributed by atoms with Gasteiger partial charge in [-0.25, -0.2) is 4.68 Å². The van der Waals surface area contributed by atoms with E-state index in [0.717, 1.165) is 25.1 Å². The molecule has 1 saturated heterocycles. The lowest BCUT2D eigenvalue weighted by Crippen LogP contribution is -2.43. The van der Waals surface area contributed by atoms with Gasteiger partial charge in [-0.2, -0.15) is 0 Å². The highest BCUT2D eigenvalue weighted by Gasteiger charge is 2.22. The average Bonchev–Trinajstić information content (AvgIpc) is 2.85. The Labute approximate surface area is 111 Å². The molecule has 1 fully saturated rings. The van der Waals surface area contributed by atoms with Crippen molar-refractivity contribution in [2.45, 2.75) is 19.4 Å². The van der Waals surface area contributed by atoms with Crippen LogP contribution in [0, 0.1) is 0 Å². The maximum Gasteiger partial charge on any atom is 0.214 e. The molecule has 1 aliphatic heterocycles. The lowest BCUT2D eigenvalue weighted by molar-refractivity contribution is 0.103. The van der Waals surface area contributed by atoms with Gasteiger partial charge in [-0.05, 0) is 18.1 Å². The Hall–Kier alpha value is -2.01. The number of aryl methyl sites for hydroxylation is 1. The van der Waals surface area contributed by atoms with E-state index in [-0.39, 0.29) is 5.78 Å². The molecule has 1 N–H and O–H groups in total. The maximum atomic E-state index is 12.3. The Balaban J connectivity index is 1.84. The number of carbonyl (C=O) groups excluding carboxylic acids is 1. The van der Waals surface area contributed by atoms with Gasteiger partial charge in [0.2, 0.25) is 5.78 Å². The van der Waals surface area contributed by atoms with E-state index in [9.17, 15) is 4.79 Å². The summed E-state index contributed by atoms with van der Waals surface area (Å²) in [5.41, 5.74) is 2.25. The van der Waals surface area contributed by atoms with E-state index >= 15 is 0 Å². The minimum Gasteiger partial charge on any atom is -0.312 e. The highest BCUT2D eigenvalue weighted by atomic mass is 16.1. The number of hydrogen-bond acceptors (Lipinski definition) is 4. The van der Waals surface area contributed by atoms with Crippen molar-refractivity contribution < 1.29 is 4.79 Å². The van der Waals surface area contributed by atoms with Gasteiger partial charge in [-0.15, -0.1) is 5.10 Å². The van der Waals surface area contributed by atoms with Crippen LogP contribution in [0.15, 0.2) is 30.5 Å². The second-order valence-corrected chi connectivity index (χ2v) is 4.78. The van der Waals surface area contributed by atoms with Crippen molar-refractivity contribution in [1.82, 2.24) is 20.3 Å². The van der Waals surface area contributed by atoms with Crippen LogP contribution in [0.5, 0.6) is 0 Å². The first-order valence-electron chi connectivity index (χ1n) is 6.54. The molecule has 0 spiro atoms. The summed E-state index contributed by atoms with van der Waals surface area (Å²) >= 11 is 0. The van der Waals surface area contributed by atoms with Gasteiger partial charge in [-0.3, -0.25) is 4.79 Å². The summed E-state index contributed by atoms with van der Waals surface area (Å²) in [4.78, 5) is 12.3. The first kappa shape index (κ1) is 12.0. The Morgan fingerprint density at radius 2 is 2.32 bits per heavy atom. The van der Waals surface area contributed by atoms with Crippen LogP contribution in [0.2, 0.25) is 0 Å². The fourth-order valence-corrected chi connectivity index (χ4v) is 2.10. The van der Waals surface area contributed by atoms with Crippen molar-refractivity contribution >= 4 is 5.78 Å². The molecule has 0 bridgehead atoms. The van der Waals surface area contributed by atoms with Crippen LogP contribution in [0.4, 0.5) is 0 Å². The second-order valence-electron chi connectivity index (χ2n) is 4.78. The zero-order chi connectivity index (χ0) is 13.2. The monoisotopic (exact) mass is 256 g/mol. The number of rotatable bonds is 4. The van der Waals surface area contributed by atoms with Crippen molar-refractivity contribution in [3.05, 3.63) is 47.3 Å². The van der Waals surface area contributed by atoms with Crippen LogP contribution < -0.4 is 5.32 Å². The first-order valence-corrected chi connectivity index (χ1v) is 6.54. The number of nitrogens with zero attached hydrogens (tertiary/aromatic N) is 3. The van der Waals surface area contributed by atoms with Crippen LogP contribution in [0.1, 0.15) is 34.6 Å². The molecule has 19 heavy (non-hydrogen) atoms. The van der Waals surface area contributed by atoms with Crippen LogP contribution in [-0.4, -0.2) is 33.9 Å². The van der Waals surface area contributed by atoms with Gasteiger partial charge in [-0.1, -0.05) is 30.3 Å². The minimum absolute atomic E-state index is 0.0613. The third-order valence-electron chi connectivity index (χ3n) is 3.47. The fraction of sp³-hybridized carbons (Fsp3) is 0.357. The summed E-state index contributed by atoms with van der Waals surface area (Å²) in [5, 5.41) is 11.2. The number of carbonyl (C=O) groups is 1. The van der Waals surface area contributed by atoms with Crippen molar-refractivity contribution in [3.63, 3.8) is 0 Å². The van der Waals surface area contributed by atoms with Gasteiger partial charge in [0.05, 0.1) is 12.2 Å². The Kier molecular flexibility index (Phi) is 3.13. The molecule has 2 aromatic rings. The summed E-state index contributed by atoms with van der Waals surface area (Å²) in [6.45, 7) is 3.86. The Morgan fingerprint density at radius 3 is 3.00 bits per heavy atom. The van der Waals surface area contributed by atoms with E-state index in [1.807, 2.05) is 24.3 Å². The molecule has 5 heteroatoms. The third-order valence-corrected chi connectivity index (χ3v) is 3.47. The zero-order valence-electron chi connectivity index (χ0n) is 10.8. The molecule has 3 rings (SSSR count). The van der Waals surface area contributed by atoms with Gasteiger partial charge < -0.3 is 5.32 Å². The van der Waals surface area contributed by atoms with E-state index < -0.39 is 0 Å². The molecule has 0 aliphatic carbocycles. The van der Waals surface area contributed by atoms with Crippen LogP contribution in [0.3, 0.4) is 0 Å². The topological polar surface area (TPSA) is 59.8 Å². The molecular weight excluding hydrogens is 240 g/mol. The van der Waals surface area contributed by atoms with E-state index in [2.05, 4.69) is 22.6 Å². The molecule has 1 aromatic carbocycles. The normalized spacial score (nSPS) is 15.2. The first-order chi connectivity index (χ1) is 9.28. The highest BCUT2D eigenvalue weighted by Crippen LogP contribution is 2.13. The van der Waals surface area contributed by atoms with Gasteiger partial charge in [0.25, 0.3) is 0 Å². The molecule has 0 saturated carbocycles. The zero-order valence-corrected chi connectivity index (χ0v) is 10.8. The lowest BCUT2D eigenvalue weighted by atomic mass is 10.0. The molecule has 1 aromatic heterocycles. The second kappa shape index (κ2) is 4.93. The molecule has 5 nitrogen and oxygen atoms in total. The minimum atomic E-state index is -0.0613. The van der Waals surface area contributed by atoms with Crippen molar-refractivity contribution in [2.75, 3.05) is 13.1 Å². The van der Waals surface area contributed by atoms with E-state index in [1.54, 1.807) is 10.9 Å². The van der Waals surface area contributed by atoms with Crippen molar-refractivity contribution in [2.24, 2.45) is 0 Å². The fourth-order valence-electron chi connectivity index (χ4n) is 2.10. The van der Waals surface area contributed by atoms with Gasteiger partial charge in [0, 0.05) is 18.7 Å². The van der Waals surface area contributed by atoms with E-state index in [1.165, 1.54) is 0 Å². The lowest BCUT2D eigenvalue weighted by Gasteiger charge is -2.26. The Morgan fingerprint density at radius 1 is 1.47 bits per heavy atom. The molecule has 0 amide bonds. The average molecular weight is 256 g/mol. The quantitative estimate of drug-likeness (QED) is 0.835. The third kappa shape index (κ3) is 2.29.